The van der Waals surface area contributed by atoms with Crippen molar-refractivity contribution in [2.75, 3.05) is 6.61 Å². The highest BCUT2D eigenvalue weighted by Gasteiger charge is 2.39. The number of ether oxygens (including phenoxy) is 1. The molecule has 136 valence electrons. The predicted octanol–water partition coefficient (Wildman–Crippen LogP) is 5.05. The first-order chi connectivity index (χ1) is 10.4. The summed E-state index contributed by atoms with van der Waals surface area (Å²) >= 11 is 0. The van der Waals surface area contributed by atoms with Crippen LogP contribution in [0.4, 0.5) is 0 Å². The van der Waals surface area contributed by atoms with Crippen LogP contribution in [0.2, 0.25) is 51.4 Å². The van der Waals surface area contributed by atoms with Crippen molar-refractivity contribution in [2.24, 2.45) is 0 Å². The van der Waals surface area contributed by atoms with Gasteiger partial charge in [-0.3, -0.25) is 0 Å². The molecule has 23 heavy (non-hydrogen) atoms. The van der Waals surface area contributed by atoms with Crippen molar-refractivity contribution in [1.29, 1.82) is 0 Å². The van der Waals surface area contributed by atoms with Gasteiger partial charge in [-0.25, -0.2) is 4.79 Å². The van der Waals surface area contributed by atoms with E-state index >= 15 is 0 Å². The van der Waals surface area contributed by atoms with E-state index in [1.807, 2.05) is 0 Å². The van der Waals surface area contributed by atoms with Gasteiger partial charge in [0.05, 0.1) is 6.61 Å². The van der Waals surface area contributed by atoms with E-state index in [4.69, 9.17) is 13.0 Å². The second kappa shape index (κ2) is 9.93. The van der Waals surface area contributed by atoms with Crippen LogP contribution in [-0.2, 0) is 17.8 Å². The molecule has 0 aliphatic carbocycles. The third-order valence-corrected chi connectivity index (χ3v) is 15.0. The fourth-order valence-corrected chi connectivity index (χ4v) is 17.0. The van der Waals surface area contributed by atoms with Crippen molar-refractivity contribution in [3.05, 3.63) is 12.7 Å². The summed E-state index contributed by atoms with van der Waals surface area (Å²) in [6, 6.07) is 2.16. The molecule has 0 spiro atoms. The Balaban J connectivity index is 4.38. The van der Waals surface area contributed by atoms with Crippen LogP contribution in [0.1, 0.15) is 26.2 Å². The summed E-state index contributed by atoms with van der Waals surface area (Å²) in [6.07, 6.45) is 4.48. The molecule has 7 heteroatoms. The summed E-state index contributed by atoms with van der Waals surface area (Å²) in [5, 5.41) is 0. The van der Waals surface area contributed by atoms with E-state index in [2.05, 4.69) is 52.8 Å². The zero-order valence-corrected chi connectivity index (χ0v) is 19.2. The van der Waals surface area contributed by atoms with Crippen LogP contribution in [0, 0.1) is 0 Å². The molecule has 0 aliphatic heterocycles. The molecule has 0 saturated carbocycles. The highest BCUT2D eigenvalue weighted by atomic mass is 28.5. The third kappa shape index (κ3) is 11.9. The molecule has 4 nitrogen and oxygen atoms in total. The van der Waals surface area contributed by atoms with Gasteiger partial charge in [0.15, 0.2) is 16.6 Å². The zero-order valence-electron chi connectivity index (χ0n) is 16.2. The van der Waals surface area contributed by atoms with Crippen molar-refractivity contribution >= 4 is 31.2 Å². The first-order valence-electron chi connectivity index (χ1n) is 8.62. The highest BCUT2D eigenvalue weighted by molar-refractivity contribution is 6.87. The molecule has 0 aromatic rings. The lowest BCUT2D eigenvalue weighted by molar-refractivity contribution is -0.137. The number of hydrogen-bond donors (Lipinski definition) is 0. The molecule has 0 aromatic heterocycles. The molecule has 0 amide bonds. The van der Waals surface area contributed by atoms with E-state index < -0.39 is 25.2 Å². The van der Waals surface area contributed by atoms with Gasteiger partial charge in [-0.1, -0.05) is 26.3 Å². The van der Waals surface area contributed by atoms with Gasteiger partial charge in [-0.2, -0.15) is 0 Å². The van der Waals surface area contributed by atoms with Crippen molar-refractivity contribution < 1.29 is 17.8 Å². The van der Waals surface area contributed by atoms with Gasteiger partial charge in [-0.15, -0.1) is 0 Å². The summed E-state index contributed by atoms with van der Waals surface area (Å²) in [4.78, 5) is 11.0. The molecule has 0 radical (unpaired) electrons. The normalized spacial score (nSPS) is 13.0. The second-order valence-corrected chi connectivity index (χ2v) is 20.2. The molecular formula is C16H36O4Si3. The van der Waals surface area contributed by atoms with Gasteiger partial charge >= 0.3 is 14.5 Å². The van der Waals surface area contributed by atoms with Crippen LogP contribution in [0.5, 0.6) is 0 Å². The SMILES string of the molecule is C=CC(=O)OCCC[Si](C)(C)O[Si](C)(C)O[Si](C)(C)CCCC. The Morgan fingerprint density at radius 1 is 0.957 bits per heavy atom. The van der Waals surface area contributed by atoms with Gasteiger partial charge in [0.1, 0.15) is 0 Å². The highest BCUT2D eigenvalue weighted by Crippen LogP contribution is 2.26. The number of carbonyl (C=O) groups is 1. The van der Waals surface area contributed by atoms with Crippen LogP contribution in [0.3, 0.4) is 0 Å². The van der Waals surface area contributed by atoms with E-state index in [1.54, 1.807) is 0 Å². The molecule has 0 heterocycles. The smallest absolute Gasteiger partial charge is 0.330 e. The number of esters is 1. The number of rotatable bonds is 12. The van der Waals surface area contributed by atoms with E-state index in [9.17, 15) is 4.79 Å². The summed E-state index contributed by atoms with van der Waals surface area (Å²) in [6.45, 7) is 19.4. The number of unbranched alkanes of at least 4 members (excludes halogenated alkanes) is 1. The Morgan fingerprint density at radius 3 is 1.87 bits per heavy atom. The minimum Gasteiger partial charge on any atom is -0.463 e. The van der Waals surface area contributed by atoms with Crippen molar-refractivity contribution in [3.63, 3.8) is 0 Å². The van der Waals surface area contributed by atoms with Gasteiger partial charge < -0.3 is 13.0 Å². The molecule has 0 unspecified atom stereocenters. The Kier molecular flexibility index (Phi) is 9.83. The average Bonchev–Trinajstić information content (AvgIpc) is 2.38. The monoisotopic (exact) mass is 376 g/mol. The van der Waals surface area contributed by atoms with Crippen LogP contribution < -0.4 is 0 Å². The molecule has 0 bridgehead atoms. The van der Waals surface area contributed by atoms with E-state index in [-0.39, 0.29) is 5.97 Å². The minimum absolute atomic E-state index is 0.355. The van der Waals surface area contributed by atoms with E-state index in [1.165, 1.54) is 25.0 Å². The van der Waals surface area contributed by atoms with Gasteiger partial charge in [0, 0.05) is 6.08 Å². The van der Waals surface area contributed by atoms with Crippen molar-refractivity contribution in [3.8, 4) is 0 Å². The molecule has 0 fully saturated rings. The predicted molar refractivity (Wildman–Crippen MR) is 105 cm³/mol. The summed E-state index contributed by atoms with van der Waals surface area (Å²) < 4.78 is 18.1. The van der Waals surface area contributed by atoms with E-state index in [0.717, 1.165) is 12.5 Å². The standard InChI is InChI=1S/C16H36O4Si3/c1-9-11-14-21(3,4)19-23(7,8)20-22(5,6)15-12-13-18-16(17)10-2/h10H,2,9,11-15H2,1,3-8H3. The summed E-state index contributed by atoms with van der Waals surface area (Å²) in [7, 11) is -5.56. The molecule has 0 saturated heterocycles. The first kappa shape index (κ1) is 22.8. The second-order valence-electron chi connectivity index (χ2n) is 7.70. The number of carbonyl (C=O) groups excluding carboxylic acids is 1. The van der Waals surface area contributed by atoms with Crippen LogP contribution >= 0.6 is 0 Å². The molecule has 0 atom stereocenters. The quantitative estimate of drug-likeness (QED) is 0.207. The topological polar surface area (TPSA) is 44.8 Å². The summed E-state index contributed by atoms with van der Waals surface area (Å²) in [5.74, 6) is -0.355. The maximum atomic E-state index is 11.0. The van der Waals surface area contributed by atoms with Gasteiger partial charge in [-0.05, 0) is 57.8 Å². The first-order valence-corrected chi connectivity index (χ1v) is 17.7. The number of hydrogen-bond acceptors (Lipinski definition) is 4. The fourth-order valence-electron chi connectivity index (χ4n) is 2.79. The lowest BCUT2D eigenvalue weighted by Gasteiger charge is -2.38. The Morgan fingerprint density at radius 2 is 1.43 bits per heavy atom. The Hall–Kier alpha value is -0.219. The molecule has 0 rings (SSSR count). The van der Waals surface area contributed by atoms with E-state index in [0.29, 0.717) is 6.61 Å². The maximum absolute atomic E-state index is 11.0. The largest absolute Gasteiger partial charge is 0.463 e. The molecular weight excluding hydrogens is 340 g/mol. The molecule has 0 N–H and O–H groups in total. The zero-order chi connectivity index (χ0) is 18.1. The lowest BCUT2D eigenvalue weighted by Crippen LogP contribution is -2.52. The van der Waals surface area contributed by atoms with Gasteiger partial charge in [0.2, 0.25) is 0 Å². The minimum atomic E-state index is -2.11. The van der Waals surface area contributed by atoms with Crippen LogP contribution in [-0.4, -0.2) is 37.8 Å². The van der Waals surface area contributed by atoms with Crippen molar-refractivity contribution in [2.45, 2.75) is 77.6 Å². The third-order valence-electron chi connectivity index (χ3n) is 3.51. The van der Waals surface area contributed by atoms with Crippen molar-refractivity contribution in [1.82, 2.24) is 0 Å². The maximum Gasteiger partial charge on any atom is 0.330 e. The average molecular weight is 377 g/mol. The molecule has 0 aliphatic rings. The lowest BCUT2D eigenvalue weighted by atomic mass is 10.4. The van der Waals surface area contributed by atoms with Gasteiger partial charge in [0.25, 0.3) is 0 Å². The Labute approximate surface area is 146 Å². The summed E-state index contributed by atoms with van der Waals surface area (Å²) in [5.41, 5.74) is 0. The Bertz CT molecular complexity index is 382. The molecule has 0 aromatic carbocycles. The van der Waals surface area contributed by atoms with Crippen LogP contribution in [0.15, 0.2) is 12.7 Å². The van der Waals surface area contributed by atoms with Crippen LogP contribution in [0.25, 0.3) is 0 Å². The fraction of sp³-hybridized carbons (Fsp3) is 0.812.